The van der Waals surface area contributed by atoms with Gasteiger partial charge >= 0.3 is 0 Å². The molecule has 2 aromatic rings. The Bertz CT molecular complexity index is 867. The summed E-state index contributed by atoms with van der Waals surface area (Å²) in [5.41, 5.74) is 1.97. The van der Waals surface area contributed by atoms with Crippen molar-refractivity contribution in [3.63, 3.8) is 0 Å². The lowest BCUT2D eigenvalue weighted by atomic mass is 10.1. The third-order valence-corrected chi connectivity index (χ3v) is 4.11. The maximum Gasteiger partial charge on any atom is 0.293 e. The second kappa shape index (κ2) is 8.79. The van der Waals surface area contributed by atoms with Gasteiger partial charge in [0, 0.05) is 31.4 Å². The summed E-state index contributed by atoms with van der Waals surface area (Å²) in [6.07, 6.45) is 0.771. The van der Waals surface area contributed by atoms with Gasteiger partial charge in [-0.2, -0.15) is 0 Å². The van der Waals surface area contributed by atoms with Gasteiger partial charge in [-0.05, 0) is 30.2 Å². The topological polar surface area (TPSA) is 105 Å². The van der Waals surface area contributed by atoms with Crippen LogP contribution in [0.15, 0.2) is 42.5 Å². The Kier molecular flexibility index (Phi) is 6.48. The van der Waals surface area contributed by atoms with Crippen molar-refractivity contribution in [1.29, 1.82) is 0 Å². The van der Waals surface area contributed by atoms with Crippen LogP contribution in [0.3, 0.4) is 0 Å². The van der Waals surface area contributed by atoms with E-state index in [1.807, 2.05) is 25.1 Å². The first-order chi connectivity index (χ1) is 12.9. The van der Waals surface area contributed by atoms with Gasteiger partial charge in [0.15, 0.2) is 0 Å². The Morgan fingerprint density at radius 3 is 2.48 bits per heavy atom. The molecule has 2 rings (SSSR count). The molecule has 0 fully saturated rings. The van der Waals surface area contributed by atoms with Crippen molar-refractivity contribution < 1.29 is 14.5 Å². The lowest BCUT2D eigenvalue weighted by molar-refractivity contribution is -0.384. The fraction of sp³-hybridized carbons (Fsp3) is 0.263. The van der Waals surface area contributed by atoms with E-state index >= 15 is 0 Å². The van der Waals surface area contributed by atoms with E-state index < -0.39 is 10.8 Å². The van der Waals surface area contributed by atoms with Crippen molar-refractivity contribution in [1.82, 2.24) is 4.90 Å². The summed E-state index contributed by atoms with van der Waals surface area (Å²) in [4.78, 5) is 36.6. The van der Waals surface area contributed by atoms with Crippen molar-refractivity contribution in [3.05, 3.63) is 63.7 Å². The summed E-state index contributed by atoms with van der Waals surface area (Å²) in [6.45, 7) is 1.82. The quantitative estimate of drug-likeness (QED) is 0.576. The van der Waals surface area contributed by atoms with Gasteiger partial charge in [0.2, 0.25) is 5.91 Å². The highest BCUT2D eigenvalue weighted by atomic mass is 16.6. The summed E-state index contributed by atoms with van der Waals surface area (Å²) in [5.74, 6) is -0.812. The van der Waals surface area contributed by atoms with Crippen LogP contribution >= 0.6 is 0 Å². The minimum absolute atomic E-state index is 0.143. The molecular formula is C19H22N4O4. The molecule has 2 aromatic carbocycles. The average molecular weight is 370 g/mol. The van der Waals surface area contributed by atoms with E-state index in [1.165, 1.54) is 30.1 Å². The molecule has 0 aliphatic heterocycles. The fourth-order valence-electron chi connectivity index (χ4n) is 2.68. The van der Waals surface area contributed by atoms with E-state index in [1.54, 1.807) is 13.1 Å². The zero-order valence-electron chi connectivity index (χ0n) is 15.5. The number of nitro groups is 1. The molecule has 0 saturated heterocycles. The van der Waals surface area contributed by atoms with Crippen molar-refractivity contribution >= 4 is 28.9 Å². The van der Waals surface area contributed by atoms with Crippen LogP contribution in [-0.4, -0.2) is 42.3 Å². The van der Waals surface area contributed by atoms with Crippen LogP contribution in [0.4, 0.5) is 17.1 Å². The van der Waals surface area contributed by atoms with Gasteiger partial charge in [0.25, 0.3) is 11.6 Å². The summed E-state index contributed by atoms with van der Waals surface area (Å²) < 4.78 is 0. The minimum Gasteiger partial charge on any atom is -0.383 e. The number of amides is 2. The van der Waals surface area contributed by atoms with E-state index in [9.17, 15) is 19.7 Å². The third kappa shape index (κ3) is 4.81. The van der Waals surface area contributed by atoms with Gasteiger partial charge in [-0.3, -0.25) is 19.7 Å². The van der Waals surface area contributed by atoms with Crippen LogP contribution in [0.5, 0.6) is 0 Å². The molecule has 142 valence electrons. The van der Waals surface area contributed by atoms with Crippen LogP contribution < -0.4 is 10.6 Å². The first-order valence-electron chi connectivity index (χ1n) is 8.46. The zero-order chi connectivity index (χ0) is 20.0. The Hall–Kier alpha value is -3.42. The molecule has 0 atom stereocenters. The van der Waals surface area contributed by atoms with Crippen LogP contribution in [0.2, 0.25) is 0 Å². The molecule has 0 bridgehead atoms. The molecule has 0 saturated carbocycles. The molecule has 8 heteroatoms. The average Bonchev–Trinajstić information content (AvgIpc) is 2.67. The smallest absolute Gasteiger partial charge is 0.293 e. The normalized spacial score (nSPS) is 10.2. The molecule has 0 aliphatic rings. The van der Waals surface area contributed by atoms with Crippen LogP contribution in [0, 0.1) is 10.1 Å². The molecule has 0 unspecified atom stereocenters. The molecule has 0 radical (unpaired) electrons. The van der Waals surface area contributed by atoms with E-state index in [0.29, 0.717) is 11.4 Å². The summed E-state index contributed by atoms with van der Waals surface area (Å²) >= 11 is 0. The number of rotatable bonds is 7. The Morgan fingerprint density at radius 2 is 1.85 bits per heavy atom. The second-order valence-electron chi connectivity index (χ2n) is 5.96. The number of carbonyl (C=O) groups is 2. The van der Waals surface area contributed by atoms with Gasteiger partial charge in [-0.15, -0.1) is 0 Å². The molecule has 0 heterocycles. The van der Waals surface area contributed by atoms with Crippen LogP contribution in [-0.2, 0) is 11.2 Å². The van der Waals surface area contributed by atoms with Crippen molar-refractivity contribution in [2.45, 2.75) is 13.3 Å². The number of anilines is 2. The SMILES string of the molecule is CCc1ccccc1NC(=O)CN(C)C(=O)c1ccc(NC)c([N+](=O)[O-])c1. The zero-order valence-corrected chi connectivity index (χ0v) is 15.5. The monoisotopic (exact) mass is 370 g/mol. The number of likely N-dealkylation sites (N-methyl/N-ethyl adjacent to an activating group) is 1. The lowest BCUT2D eigenvalue weighted by Crippen LogP contribution is -2.35. The number of carbonyl (C=O) groups excluding carboxylic acids is 2. The van der Waals surface area contributed by atoms with Gasteiger partial charge < -0.3 is 15.5 Å². The number of aryl methyl sites for hydroxylation is 1. The number of benzene rings is 2. The third-order valence-electron chi connectivity index (χ3n) is 4.11. The highest BCUT2D eigenvalue weighted by Gasteiger charge is 2.20. The fourth-order valence-corrected chi connectivity index (χ4v) is 2.68. The lowest BCUT2D eigenvalue weighted by Gasteiger charge is -2.18. The van der Waals surface area contributed by atoms with E-state index in [-0.39, 0.29) is 23.7 Å². The number of nitrogens with one attached hydrogen (secondary N) is 2. The van der Waals surface area contributed by atoms with Crippen LogP contribution in [0.1, 0.15) is 22.8 Å². The number of hydrogen-bond donors (Lipinski definition) is 2. The van der Waals surface area contributed by atoms with E-state index in [0.717, 1.165) is 12.0 Å². The van der Waals surface area contributed by atoms with Crippen molar-refractivity contribution in [3.8, 4) is 0 Å². The molecule has 0 spiro atoms. The number of nitrogens with zero attached hydrogens (tertiary/aromatic N) is 2. The summed E-state index contributed by atoms with van der Waals surface area (Å²) in [7, 11) is 3.04. The maximum absolute atomic E-state index is 12.5. The van der Waals surface area contributed by atoms with Crippen molar-refractivity contribution in [2.75, 3.05) is 31.3 Å². The minimum atomic E-state index is -0.559. The molecule has 27 heavy (non-hydrogen) atoms. The maximum atomic E-state index is 12.5. The molecule has 0 aliphatic carbocycles. The molecular weight excluding hydrogens is 348 g/mol. The van der Waals surface area contributed by atoms with Gasteiger partial charge in [0.05, 0.1) is 11.5 Å². The molecule has 8 nitrogen and oxygen atoms in total. The van der Waals surface area contributed by atoms with Gasteiger partial charge in [0.1, 0.15) is 5.69 Å². The Morgan fingerprint density at radius 1 is 1.15 bits per heavy atom. The largest absolute Gasteiger partial charge is 0.383 e. The highest BCUT2D eigenvalue weighted by molar-refractivity contribution is 6.00. The number of nitro benzene ring substituents is 1. The Balaban J connectivity index is 2.10. The summed E-state index contributed by atoms with van der Waals surface area (Å²) in [5, 5.41) is 16.7. The second-order valence-corrected chi connectivity index (χ2v) is 5.96. The van der Waals surface area contributed by atoms with Gasteiger partial charge in [-0.1, -0.05) is 25.1 Å². The van der Waals surface area contributed by atoms with E-state index in [2.05, 4.69) is 10.6 Å². The predicted molar refractivity (Wildman–Crippen MR) is 104 cm³/mol. The highest BCUT2D eigenvalue weighted by Crippen LogP contribution is 2.25. The summed E-state index contributed by atoms with van der Waals surface area (Å²) in [6, 6.07) is 11.6. The predicted octanol–water partition coefficient (Wildman–Crippen LogP) is 2.91. The first-order valence-corrected chi connectivity index (χ1v) is 8.46. The Labute approximate surface area is 157 Å². The number of hydrogen-bond acceptors (Lipinski definition) is 5. The molecule has 2 N–H and O–H groups in total. The van der Waals surface area contributed by atoms with Crippen molar-refractivity contribution in [2.24, 2.45) is 0 Å². The van der Waals surface area contributed by atoms with E-state index in [4.69, 9.17) is 0 Å². The standard InChI is InChI=1S/C19H22N4O4/c1-4-13-7-5-6-8-15(13)21-18(24)12-22(3)19(25)14-9-10-16(20-2)17(11-14)23(26)27/h5-11,20H,4,12H2,1-3H3,(H,21,24). The molecule has 2 amide bonds. The first kappa shape index (κ1) is 19.9. The molecule has 0 aromatic heterocycles. The number of para-hydroxylation sites is 1. The van der Waals surface area contributed by atoms with Crippen LogP contribution in [0.25, 0.3) is 0 Å². The van der Waals surface area contributed by atoms with Gasteiger partial charge in [-0.25, -0.2) is 0 Å².